The van der Waals surface area contributed by atoms with Gasteiger partial charge in [0.2, 0.25) is 0 Å². The molecule has 4 heteroatoms. The van der Waals surface area contributed by atoms with Gasteiger partial charge >= 0.3 is 0 Å². The molecule has 2 aliphatic rings. The number of aliphatic imine (C=N–C) groups is 1. The monoisotopic (exact) mass is 354 g/mol. The minimum absolute atomic E-state index is 0.973. The minimum atomic E-state index is 0.973. The van der Waals surface area contributed by atoms with Crippen LogP contribution in [-0.4, -0.2) is 36.9 Å². The zero-order valence-corrected chi connectivity index (χ0v) is 15.2. The first-order valence-corrected chi connectivity index (χ1v) is 9.49. The number of benzene rings is 3. The first-order valence-electron chi connectivity index (χ1n) is 9.49. The van der Waals surface area contributed by atoms with E-state index in [2.05, 4.69) is 82.3 Å². The molecule has 2 aliphatic heterocycles. The summed E-state index contributed by atoms with van der Waals surface area (Å²) in [4.78, 5) is 7.53. The Balaban J connectivity index is 1.64. The smallest absolute Gasteiger partial charge is 0.138 e. The third-order valence-electron chi connectivity index (χ3n) is 5.19. The van der Waals surface area contributed by atoms with Crippen LogP contribution in [0.3, 0.4) is 0 Å². The molecule has 0 bridgehead atoms. The summed E-state index contributed by atoms with van der Waals surface area (Å²) < 4.78 is 0. The van der Waals surface area contributed by atoms with Gasteiger partial charge in [0.15, 0.2) is 0 Å². The van der Waals surface area contributed by atoms with Gasteiger partial charge in [0.05, 0.1) is 11.4 Å². The largest absolute Gasteiger partial charge is 0.353 e. The van der Waals surface area contributed by atoms with Crippen molar-refractivity contribution in [2.45, 2.75) is 0 Å². The molecule has 1 saturated heterocycles. The molecule has 2 heterocycles. The van der Waals surface area contributed by atoms with E-state index >= 15 is 0 Å². The number of fused-ring (bicyclic) bond motifs is 2. The van der Waals surface area contributed by atoms with Crippen LogP contribution in [0.25, 0.3) is 11.1 Å². The van der Waals surface area contributed by atoms with Gasteiger partial charge in [0.25, 0.3) is 0 Å². The van der Waals surface area contributed by atoms with Crippen molar-refractivity contribution in [3.05, 3.63) is 78.4 Å². The summed E-state index contributed by atoms with van der Waals surface area (Å²) in [6, 6.07) is 25.4. The SMILES string of the molecule is c1ccc(-c2ccc3c(c2)N=C(N2CCNCC2)c2ccccc2N3)cc1. The average molecular weight is 354 g/mol. The predicted molar refractivity (Wildman–Crippen MR) is 112 cm³/mol. The van der Waals surface area contributed by atoms with E-state index in [1.807, 2.05) is 6.07 Å². The second-order valence-corrected chi connectivity index (χ2v) is 6.94. The van der Waals surface area contributed by atoms with Gasteiger partial charge < -0.3 is 15.5 Å². The molecule has 3 aromatic rings. The topological polar surface area (TPSA) is 39.7 Å². The molecule has 27 heavy (non-hydrogen) atoms. The molecule has 4 nitrogen and oxygen atoms in total. The summed E-state index contributed by atoms with van der Waals surface area (Å²) in [6.07, 6.45) is 0. The van der Waals surface area contributed by atoms with E-state index in [0.29, 0.717) is 0 Å². The Morgan fingerprint density at radius 2 is 1.52 bits per heavy atom. The zero-order chi connectivity index (χ0) is 18.1. The normalized spacial score (nSPS) is 15.9. The lowest BCUT2D eigenvalue weighted by Gasteiger charge is -2.30. The molecule has 0 spiro atoms. The second kappa shape index (κ2) is 6.89. The van der Waals surface area contributed by atoms with Gasteiger partial charge in [-0.05, 0) is 35.4 Å². The summed E-state index contributed by atoms with van der Waals surface area (Å²) in [5.74, 6) is 1.06. The molecule has 1 fully saturated rings. The Kier molecular flexibility index (Phi) is 4.11. The van der Waals surface area contributed by atoms with Gasteiger partial charge in [-0.1, -0.05) is 48.5 Å². The third-order valence-corrected chi connectivity index (χ3v) is 5.19. The van der Waals surface area contributed by atoms with E-state index in [1.165, 1.54) is 11.1 Å². The van der Waals surface area contributed by atoms with Crippen LogP contribution >= 0.6 is 0 Å². The van der Waals surface area contributed by atoms with Crippen LogP contribution in [0.2, 0.25) is 0 Å². The lowest BCUT2D eigenvalue weighted by molar-refractivity contribution is 0.358. The number of nitrogens with one attached hydrogen (secondary N) is 2. The fraction of sp³-hybridized carbons (Fsp3) is 0.174. The van der Waals surface area contributed by atoms with E-state index in [-0.39, 0.29) is 0 Å². The summed E-state index contributed by atoms with van der Waals surface area (Å²) >= 11 is 0. The summed E-state index contributed by atoms with van der Waals surface area (Å²) in [5.41, 5.74) is 6.71. The summed E-state index contributed by atoms with van der Waals surface area (Å²) in [5, 5.41) is 7.02. The van der Waals surface area contributed by atoms with Crippen molar-refractivity contribution < 1.29 is 0 Å². The van der Waals surface area contributed by atoms with Crippen LogP contribution in [0, 0.1) is 0 Å². The number of hydrogen-bond donors (Lipinski definition) is 2. The molecule has 0 amide bonds. The molecule has 5 rings (SSSR count). The van der Waals surface area contributed by atoms with Crippen molar-refractivity contribution >= 4 is 22.9 Å². The lowest BCUT2D eigenvalue weighted by atomic mass is 10.0. The molecular weight excluding hydrogens is 332 g/mol. The molecule has 0 radical (unpaired) electrons. The van der Waals surface area contributed by atoms with Crippen molar-refractivity contribution in [3.8, 4) is 11.1 Å². The molecule has 0 saturated carbocycles. The Labute approximate surface area is 159 Å². The van der Waals surface area contributed by atoms with E-state index in [1.54, 1.807) is 0 Å². The highest BCUT2D eigenvalue weighted by Crippen LogP contribution is 2.37. The maximum atomic E-state index is 5.14. The van der Waals surface area contributed by atoms with E-state index < -0.39 is 0 Å². The van der Waals surface area contributed by atoms with Crippen molar-refractivity contribution in [2.24, 2.45) is 4.99 Å². The number of hydrogen-bond acceptors (Lipinski definition) is 4. The first-order chi connectivity index (χ1) is 13.4. The highest BCUT2D eigenvalue weighted by molar-refractivity contribution is 6.08. The lowest BCUT2D eigenvalue weighted by Crippen LogP contribution is -2.46. The number of anilines is 2. The highest BCUT2D eigenvalue weighted by Gasteiger charge is 2.22. The number of amidine groups is 1. The molecule has 3 aromatic carbocycles. The van der Waals surface area contributed by atoms with Crippen LogP contribution < -0.4 is 10.6 Å². The van der Waals surface area contributed by atoms with Gasteiger partial charge in [-0.3, -0.25) is 0 Å². The maximum absolute atomic E-state index is 5.14. The number of para-hydroxylation sites is 1. The third kappa shape index (κ3) is 3.09. The van der Waals surface area contributed by atoms with Gasteiger partial charge in [-0.15, -0.1) is 0 Å². The highest BCUT2D eigenvalue weighted by atomic mass is 15.2. The Hall–Kier alpha value is -3.11. The standard InChI is InChI=1S/C23H22N4/c1-2-6-17(7-3-1)18-10-11-21-22(16-18)26-23(27-14-12-24-13-15-27)19-8-4-5-9-20(19)25-21/h1-11,16,24-25H,12-15H2. The maximum Gasteiger partial charge on any atom is 0.138 e. The molecule has 0 aliphatic carbocycles. The van der Waals surface area contributed by atoms with Crippen molar-refractivity contribution in [3.63, 3.8) is 0 Å². The molecule has 134 valence electrons. The first kappa shape index (κ1) is 16.1. The van der Waals surface area contributed by atoms with E-state index in [4.69, 9.17) is 4.99 Å². The van der Waals surface area contributed by atoms with Crippen LogP contribution in [0.15, 0.2) is 77.8 Å². The van der Waals surface area contributed by atoms with Crippen LogP contribution in [-0.2, 0) is 0 Å². The van der Waals surface area contributed by atoms with Gasteiger partial charge in [-0.2, -0.15) is 0 Å². The van der Waals surface area contributed by atoms with Crippen molar-refractivity contribution in [1.82, 2.24) is 10.2 Å². The average Bonchev–Trinajstić information content (AvgIpc) is 2.91. The van der Waals surface area contributed by atoms with Gasteiger partial charge in [0.1, 0.15) is 5.84 Å². The second-order valence-electron chi connectivity index (χ2n) is 6.94. The summed E-state index contributed by atoms with van der Waals surface area (Å²) in [6.45, 7) is 3.93. The quantitative estimate of drug-likeness (QED) is 0.681. The molecule has 2 N–H and O–H groups in total. The zero-order valence-electron chi connectivity index (χ0n) is 15.2. The van der Waals surface area contributed by atoms with Gasteiger partial charge in [-0.25, -0.2) is 4.99 Å². The van der Waals surface area contributed by atoms with Gasteiger partial charge in [0, 0.05) is 37.4 Å². The Morgan fingerprint density at radius 3 is 2.37 bits per heavy atom. The molecular formula is C23H22N4. The fourth-order valence-corrected chi connectivity index (χ4v) is 3.76. The van der Waals surface area contributed by atoms with E-state index in [9.17, 15) is 0 Å². The number of rotatable bonds is 1. The van der Waals surface area contributed by atoms with Crippen LogP contribution in [0.5, 0.6) is 0 Å². The minimum Gasteiger partial charge on any atom is -0.353 e. The summed E-state index contributed by atoms with van der Waals surface area (Å²) in [7, 11) is 0. The van der Waals surface area contributed by atoms with Crippen molar-refractivity contribution in [2.75, 3.05) is 31.5 Å². The molecule has 0 aromatic heterocycles. The molecule has 0 unspecified atom stereocenters. The van der Waals surface area contributed by atoms with Crippen molar-refractivity contribution in [1.29, 1.82) is 0 Å². The Bertz CT molecular complexity index is 988. The fourth-order valence-electron chi connectivity index (χ4n) is 3.76. The number of piperazine rings is 1. The Morgan fingerprint density at radius 1 is 0.741 bits per heavy atom. The van der Waals surface area contributed by atoms with E-state index in [0.717, 1.165) is 54.6 Å². The predicted octanol–water partition coefficient (Wildman–Crippen LogP) is 4.39. The molecule has 0 atom stereocenters. The van der Waals surface area contributed by atoms with Crippen LogP contribution in [0.1, 0.15) is 5.56 Å². The number of nitrogens with zero attached hydrogens (tertiary/aromatic N) is 2. The van der Waals surface area contributed by atoms with Crippen LogP contribution in [0.4, 0.5) is 17.1 Å².